The van der Waals surface area contributed by atoms with Crippen LogP contribution in [0.1, 0.15) is 23.6 Å². The molecule has 5 heteroatoms. The van der Waals surface area contributed by atoms with Crippen LogP contribution in [0.2, 0.25) is 0 Å². The topological polar surface area (TPSA) is 68.0 Å². The molecule has 1 heterocycles. The summed E-state index contributed by atoms with van der Waals surface area (Å²) in [6, 6.07) is 11.1. The molecule has 4 nitrogen and oxygen atoms in total. The first-order chi connectivity index (χ1) is 9.56. The van der Waals surface area contributed by atoms with E-state index in [0.29, 0.717) is 5.69 Å². The third kappa shape index (κ3) is 3.88. The number of anilines is 1. The summed E-state index contributed by atoms with van der Waals surface area (Å²) in [5.74, 6) is -0.120. The lowest BCUT2D eigenvalue weighted by atomic mass is 10.0. The monoisotopic (exact) mass is 333 g/mol. The van der Waals surface area contributed by atoms with Crippen LogP contribution in [0.3, 0.4) is 0 Å². The van der Waals surface area contributed by atoms with Crippen molar-refractivity contribution in [2.24, 2.45) is 5.73 Å². The lowest BCUT2D eigenvalue weighted by molar-refractivity contribution is -0.116. The zero-order chi connectivity index (χ0) is 14.5. The Morgan fingerprint density at radius 3 is 2.75 bits per heavy atom. The van der Waals surface area contributed by atoms with Crippen molar-refractivity contribution in [1.82, 2.24) is 4.98 Å². The van der Waals surface area contributed by atoms with Gasteiger partial charge in [-0.15, -0.1) is 0 Å². The van der Waals surface area contributed by atoms with E-state index in [9.17, 15) is 4.79 Å². The van der Waals surface area contributed by atoms with E-state index in [2.05, 4.69) is 26.2 Å². The van der Waals surface area contributed by atoms with Gasteiger partial charge in [0.2, 0.25) is 5.91 Å². The second-order valence-corrected chi connectivity index (χ2v) is 5.35. The first-order valence-electron chi connectivity index (χ1n) is 6.29. The van der Waals surface area contributed by atoms with Crippen molar-refractivity contribution < 1.29 is 4.79 Å². The highest BCUT2D eigenvalue weighted by atomic mass is 79.9. The number of carbonyl (C=O) groups is 1. The van der Waals surface area contributed by atoms with Gasteiger partial charge in [-0.05, 0) is 40.0 Å². The molecule has 0 spiro atoms. The average Bonchev–Trinajstić information content (AvgIpc) is 2.44. The fraction of sp³-hybridized carbons (Fsp3) is 0.200. The van der Waals surface area contributed by atoms with Crippen LogP contribution in [0.25, 0.3) is 0 Å². The molecule has 0 aliphatic carbocycles. The van der Waals surface area contributed by atoms with E-state index < -0.39 is 0 Å². The molecular weight excluding hydrogens is 318 g/mol. The first-order valence-corrected chi connectivity index (χ1v) is 7.08. The number of hydrogen-bond acceptors (Lipinski definition) is 3. The number of aryl methyl sites for hydroxylation is 1. The van der Waals surface area contributed by atoms with Gasteiger partial charge in [-0.2, -0.15) is 0 Å². The molecule has 104 valence electrons. The van der Waals surface area contributed by atoms with Gasteiger partial charge >= 0.3 is 0 Å². The number of nitrogens with one attached hydrogen (secondary N) is 1. The van der Waals surface area contributed by atoms with E-state index >= 15 is 0 Å². The van der Waals surface area contributed by atoms with Gasteiger partial charge < -0.3 is 11.1 Å². The van der Waals surface area contributed by atoms with Crippen LogP contribution in [0.5, 0.6) is 0 Å². The summed E-state index contributed by atoms with van der Waals surface area (Å²) in [7, 11) is 0. The van der Waals surface area contributed by atoms with Gasteiger partial charge in [0.1, 0.15) is 4.60 Å². The molecule has 0 saturated carbocycles. The number of nitrogens with zero attached hydrogens (tertiary/aromatic N) is 1. The molecule has 3 N–H and O–H groups in total. The standard InChI is InChI=1S/C15H16BrN3O/c1-10-7-12(9-18-15(10)16)19-14(20)8-13(17)11-5-3-2-4-6-11/h2-7,9,13H,8,17H2,1H3,(H,19,20). The summed E-state index contributed by atoms with van der Waals surface area (Å²) in [4.78, 5) is 16.1. The van der Waals surface area contributed by atoms with Crippen LogP contribution in [0, 0.1) is 6.92 Å². The molecule has 0 saturated heterocycles. The van der Waals surface area contributed by atoms with Crippen LogP contribution in [-0.4, -0.2) is 10.9 Å². The molecular formula is C15H16BrN3O. The van der Waals surface area contributed by atoms with Crippen molar-refractivity contribution in [1.29, 1.82) is 0 Å². The fourth-order valence-electron chi connectivity index (χ4n) is 1.86. The molecule has 1 amide bonds. The summed E-state index contributed by atoms with van der Waals surface area (Å²) < 4.78 is 0.775. The maximum Gasteiger partial charge on any atom is 0.226 e. The van der Waals surface area contributed by atoms with Gasteiger partial charge in [0.05, 0.1) is 11.9 Å². The molecule has 0 bridgehead atoms. The summed E-state index contributed by atoms with van der Waals surface area (Å²) in [6.45, 7) is 1.92. The predicted octanol–water partition coefficient (Wildman–Crippen LogP) is 3.18. The zero-order valence-corrected chi connectivity index (χ0v) is 12.7. The number of rotatable bonds is 4. The van der Waals surface area contributed by atoms with Crippen LogP contribution in [-0.2, 0) is 4.79 Å². The van der Waals surface area contributed by atoms with Gasteiger partial charge in [0.15, 0.2) is 0 Å². The first kappa shape index (κ1) is 14.7. The summed E-state index contributed by atoms with van der Waals surface area (Å²) in [5, 5.41) is 2.81. The summed E-state index contributed by atoms with van der Waals surface area (Å²) in [6.07, 6.45) is 1.85. The van der Waals surface area contributed by atoms with Crippen LogP contribution in [0.15, 0.2) is 47.2 Å². The predicted molar refractivity (Wildman–Crippen MR) is 83.3 cm³/mol. The Morgan fingerprint density at radius 2 is 2.10 bits per heavy atom. The van der Waals surface area contributed by atoms with Crippen LogP contribution in [0.4, 0.5) is 5.69 Å². The normalized spacial score (nSPS) is 11.9. The Labute approximate surface area is 126 Å². The number of aromatic nitrogens is 1. The number of hydrogen-bond donors (Lipinski definition) is 2. The van der Waals surface area contributed by atoms with Gasteiger partial charge in [0.25, 0.3) is 0 Å². The van der Waals surface area contributed by atoms with E-state index in [1.54, 1.807) is 6.20 Å². The highest BCUT2D eigenvalue weighted by molar-refractivity contribution is 9.10. The molecule has 0 radical (unpaired) electrons. The van der Waals surface area contributed by atoms with E-state index in [1.807, 2.05) is 43.3 Å². The number of amides is 1. The van der Waals surface area contributed by atoms with Crippen LogP contribution < -0.4 is 11.1 Å². The van der Waals surface area contributed by atoms with E-state index in [0.717, 1.165) is 15.7 Å². The second-order valence-electron chi connectivity index (χ2n) is 4.60. The van der Waals surface area contributed by atoms with Gasteiger partial charge in [-0.3, -0.25) is 4.79 Å². The fourth-order valence-corrected chi connectivity index (χ4v) is 2.07. The average molecular weight is 334 g/mol. The largest absolute Gasteiger partial charge is 0.325 e. The lowest BCUT2D eigenvalue weighted by Crippen LogP contribution is -2.20. The third-order valence-electron chi connectivity index (χ3n) is 2.93. The smallest absolute Gasteiger partial charge is 0.226 e. The van der Waals surface area contributed by atoms with Crippen molar-refractivity contribution in [3.63, 3.8) is 0 Å². The number of benzene rings is 1. The molecule has 1 unspecified atom stereocenters. The van der Waals surface area contributed by atoms with Crippen molar-refractivity contribution in [3.8, 4) is 0 Å². The molecule has 2 rings (SSSR count). The van der Waals surface area contributed by atoms with Crippen LogP contribution >= 0.6 is 15.9 Å². The van der Waals surface area contributed by atoms with Crippen molar-refractivity contribution in [2.45, 2.75) is 19.4 Å². The van der Waals surface area contributed by atoms with Gasteiger partial charge in [-0.1, -0.05) is 30.3 Å². The Hall–Kier alpha value is -1.72. The molecule has 2 aromatic rings. The maximum atomic E-state index is 12.0. The third-order valence-corrected chi connectivity index (χ3v) is 3.76. The van der Waals surface area contributed by atoms with E-state index in [-0.39, 0.29) is 18.4 Å². The summed E-state index contributed by atoms with van der Waals surface area (Å²) in [5.41, 5.74) is 8.62. The Morgan fingerprint density at radius 1 is 1.40 bits per heavy atom. The molecule has 1 aromatic carbocycles. The zero-order valence-electron chi connectivity index (χ0n) is 11.1. The van der Waals surface area contributed by atoms with Crippen molar-refractivity contribution >= 4 is 27.5 Å². The molecule has 0 fully saturated rings. The van der Waals surface area contributed by atoms with Gasteiger partial charge in [0, 0.05) is 12.5 Å². The number of halogens is 1. The highest BCUT2D eigenvalue weighted by Gasteiger charge is 2.12. The van der Waals surface area contributed by atoms with Crippen molar-refractivity contribution in [2.75, 3.05) is 5.32 Å². The number of carbonyl (C=O) groups excluding carboxylic acids is 1. The highest BCUT2D eigenvalue weighted by Crippen LogP contribution is 2.18. The molecule has 20 heavy (non-hydrogen) atoms. The molecule has 0 aliphatic heterocycles. The van der Waals surface area contributed by atoms with Crippen molar-refractivity contribution in [3.05, 3.63) is 58.3 Å². The Kier molecular flexibility index (Phi) is 4.87. The lowest BCUT2D eigenvalue weighted by Gasteiger charge is -2.12. The Bertz CT molecular complexity index is 601. The summed E-state index contributed by atoms with van der Waals surface area (Å²) >= 11 is 3.32. The minimum Gasteiger partial charge on any atom is -0.325 e. The minimum absolute atomic E-state index is 0.120. The molecule has 0 aliphatic rings. The number of pyridine rings is 1. The quantitative estimate of drug-likeness (QED) is 0.844. The van der Waals surface area contributed by atoms with Gasteiger partial charge in [-0.25, -0.2) is 4.98 Å². The maximum absolute atomic E-state index is 12.0. The second kappa shape index (κ2) is 6.63. The number of nitrogens with two attached hydrogens (primary N) is 1. The van der Waals surface area contributed by atoms with E-state index in [1.165, 1.54) is 0 Å². The Balaban J connectivity index is 1.97. The SMILES string of the molecule is Cc1cc(NC(=O)CC(N)c2ccccc2)cnc1Br. The molecule has 1 aromatic heterocycles. The minimum atomic E-state index is -0.305. The van der Waals surface area contributed by atoms with E-state index in [4.69, 9.17) is 5.73 Å². The molecule has 1 atom stereocenters.